The van der Waals surface area contributed by atoms with Crippen LogP contribution in [0.15, 0.2) is 18.2 Å². The predicted molar refractivity (Wildman–Crippen MR) is 69.7 cm³/mol. The SMILES string of the molecule is COc1cc(CC(N)C(=O)O)cc(CN(C)C)c1. The minimum Gasteiger partial charge on any atom is -0.497 e. The molecule has 0 amide bonds. The predicted octanol–water partition coefficient (Wildman–Crippen LogP) is 0.711. The molecule has 0 aliphatic heterocycles. The summed E-state index contributed by atoms with van der Waals surface area (Å²) in [7, 11) is 5.54. The van der Waals surface area contributed by atoms with Crippen LogP contribution >= 0.6 is 0 Å². The van der Waals surface area contributed by atoms with Gasteiger partial charge in [0.1, 0.15) is 11.8 Å². The van der Waals surface area contributed by atoms with E-state index in [1.807, 2.05) is 37.2 Å². The van der Waals surface area contributed by atoms with E-state index < -0.39 is 12.0 Å². The molecule has 3 N–H and O–H groups in total. The van der Waals surface area contributed by atoms with Crippen molar-refractivity contribution in [2.45, 2.75) is 19.0 Å². The molecule has 1 rings (SSSR count). The molecule has 5 nitrogen and oxygen atoms in total. The first-order chi connectivity index (χ1) is 8.42. The summed E-state index contributed by atoms with van der Waals surface area (Å²) in [5.41, 5.74) is 7.49. The average molecular weight is 252 g/mol. The molecule has 0 fully saturated rings. The fourth-order valence-electron chi connectivity index (χ4n) is 1.76. The van der Waals surface area contributed by atoms with Crippen LogP contribution in [0, 0.1) is 0 Å². The number of carboxylic acid groups (broad SMARTS) is 1. The van der Waals surface area contributed by atoms with E-state index >= 15 is 0 Å². The molecule has 0 aromatic heterocycles. The molecule has 5 heteroatoms. The molecule has 0 aliphatic rings. The standard InChI is InChI=1S/C13H20N2O3/c1-15(2)8-10-4-9(5-11(6-10)18-3)7-12(14)13(16)17/h4-6,12H,7-8,14H2,1-3H3,(H,16,17). The summed E-state index contributed by atoms with van der Waals surface area (Å²) in [6.45, 7) is 0.770. The van der Waals surface area contributed by atoms with E-state index in [2.05, 4.69) is 0 Å². The van der Waals surface area contributed by atoms with Gasteiger partial charge in [0.05, 0.1) is 7.11 Å². The van der Waals surface area contributed by atoms with Crippen LogP contribution in [0.25, 0.3) is 0 Å². The molecular weight excluding hydrogens is 232 g/mol. The van der Waals surface area contributed by atoms with Crippen LogP contribution in [0.2, 0.25) is 0 Å². The number of ether oxygens (including phenoxy) is 1. The van der Waals surface area contributed by atoms with Crippen LogP contribution in [-0.4, -0.2) is 43.2 Å². The van der Waals surface area contributed by atoms with E-state index in [1.165, 1.54) is 0 Å². The van der Waals surface area contributed by atoms with Crippen LogP contribution in [0.5, 0.6) is 5.75 Å². The van der Waals surface area contributed by atoms with Crippen molar-refractivity contribution in [2.75, 3.05) is 21.2 Å². The maximum absolute atomic E-state index is 10.8. The van der Waals surface area contributed by atoms with Gasteiger partial charge in [0.15, 0.2) is 0 Å². The Hall–Kier alpha value is -1.59. The van der Waals surface area contributed by atoms with Crippen molar-refractivity contribution in [2.24, 2.45) is 5.73 Å². The third kappa shape index (κ3) is 4.35. The quantitative estimate of drug-likeness (QED) is 0.780. The highest BCUT2D eigenvalue weighted by Crippen LogP contribution is 2.19. The zero-order valence-corrected chi connectivity index (χ0v) is 11.0. The van der Waals surface area contributed by atoms with E-state index in [0.29, 0.717) is 6.42 Å². The van der Waals surface area contributed by atoms with Crippen molar-refractivity contribution in [3.63, 3.8) is 0 Å². The van der Waals surface area contributed by atoms with Crippen LogP contribution < -0.4 is 10.5 Å². The van der Waals surface area contributed by atoms with Gasteiger partial charge in [-0.05, 0) is 43.8 Å². The number of hydrogen-bond acceptors (Lipinski definition) is 4. The zero-order chi connectivity index (χ0) is 13.7. The van der Waals surface area contributed by atoms with E-state index in [4.69, 9.17) is 15.6 Å². The van der Waals surface area contributed by atoms with E-state index in [1.54, 1.807) is 7.11 Å². The molecule has 0 saturated heterocycles. The molecule has 1 unspecified atom stereocenters. The van der Waals surface area contributed by atoms with E-state index in [0.717, 1.165) is 23.4 Å². The summed E-state index contributed by atoms with van der Waals surface area (Å²) >= 11 is 0. The molecular formula is C13H20N2O3. The number of nitrogens with zero attached hydrogens (tertiary/aromatic N) is 1. The van der Waals surface area contributed by atoms with Crippen molar-refractivity contribution in [1.29, 1.82) is 0 Å². The molecule has 100 valence electrons. The number of benzene rings is 1. The van der Waals surface area contributed by atoms with Crippen LogP contribution in [-0.2, 0) is 17.8 Å². The Bertz CT molecular complexity index is 419. The van der Waals surface area contributed by atoms with Crippen molar-refractivity contribution in [3.8, 4) is 5.75 Å². The summed E-state index contributed by atoms with van der Waals surface area (Å²) in [5.74, 6) is -0.270. The van der Waals surface area contributed by atoms with Gasteiger partial charge in [-0.15, -0.1) is 0 Å². The van der Waals surface area contributed by atoms with Gasteiger partial charge in [0.2, 0.25) is 0 Å². The van der Waals surface area contributed by atoms with Crippen LogP contribution in [0.4, 0.5) is 0 Å². The molecule has 0 radical (unpaired) electrons. The van der Waals surface area contributed by atoms with Gasteiger partial charge in [-0.2, -0.15) is 0 Å². The lowest BCUT2D eigenvalue weighted by Crippen LogP contribution is -2.32. The average Bonchev–Trinajstić information content (AvgIpc) is 2.27. The van der Waals surface area contributed by atoms with Gasteiger partial charge >= 0.3 is 5.97 Å². The number of rotatable bonds is 6. The molecule has 18 heavy (non-hydrogen) atoms. The first-order valence-electron chi connectivity index (χ1n) is 5.72. The number of aliphatic carboxylic acids is 1. The Morgan fingerprint density at radius 1 is 1.39 bits per heavy atom. The van der Waals surface area contributed by atoms with Crippen molar-refractivity contribution in [3.05, 3.63) is 29.3 Å². The van der Waals surface area contributed by atoms with Gasteiger partial charge in [0.25, 0.3) is 0 Å². The molecule has 0 aliphatic carbocycles. The van der Waals surface area contributed by atoms with Crippen LogP contribution in [0.3, 0.4) is 0 Å². The number of carboxylic acids is 1. The van der Waals surface area contributed by atoms with E-state index in [9.17, 15) is 4.79 Å². The number of carbonyl (C=O) groups is 1. The molecule has 0 bridgehead atoms. The Morgan fingerprint density at radius 3 is 2.50 bits per heavy atom. The zero-order valence-electron chi connectivity index (χ0n) is 11.0. The smallest absolute Gasteiger partial charge is 0.320 e. The summed E-state index contributed by atoms with van der Waals surface area (Å²) in [5, 5.41) is 8.82. The largest absolute Gasteiger partial charge is 0.497 e. The van der Waals surface area contributed by atoms with Crippen molar-refractivity contribution >= 4 is 5.97 Å². The molecule has 1 atom stereocenters. The Labute approximate surface area is 107 Å². The Kier molecular flexibility index (Phi) is 5.12. The monoisotopic (exact) mass is 252 g/mol. The molecule has 0 heterocycles. The Balaban J connectivity index is 2.93. The second-order valence-corrected chi connectivity index (χ2v) is 4.58. The topological polar surface area (TPSA) is 75.8 Å². The summed E-state index contributed by atoms with van der Waals surface area (Å²) < 4.78 is 5.21. The maximum Gasteiger partial charge on any atom is 0.320 e. The van der Waals surface area contributed by atoms with Gasteiger partial charge < -0.3 is 20.5 Å². The fourth-order valence-corrected chi connectivity index (χ4v) is 1.76. The molecule has 0 spiro atoms. The lowest BCUT2D eigenvalue weighted by molar-refractivity contribution is -0.138. The second-order valence-electron chi connectivity index (χ2n) is 4.58. The van der Waals surface area contributed by atoms with E-state index in [-0.39, 0.29) is 0 Å². The highest BCUT2D eigenvalue weighted by molar-refractivity contribution is 5.73. The summed E-state index contributed by atoms with van der Waals surface area (Å²) in [6, 6.07) is 4.84. The highest BCUT2D eigenvalue weighted by Gasteiger charge is 2.13. The van der Waals surface area contributed by atoms with Crippen molar-refractivity contribution in [1.82, 2.24) is 4.90 Å². The molecule has 0 saturated carbocycles. The lowest BCUT2D eigenvalue weighted by atomic mass is 10.0. The molecule has 1 aromatic rings. The fraction of sp³-hybridized carbons (Fsp3) is 0.462. The minimum atomic E-state index is -0.994. The van der Waals surface area contributed by atoms with Crippen LogP contribution in [0.1, 0.15) is 11.1 Å². The summed E-state index contributed by atoms with van der Waals surface area (Å²) in [4.78, 5) is 12.8. The highest BCUT2D eigenvalue weighted by atomic mass is 16.5. The normalized spacial score (nSPS) is 12.5. The third-order valence-corrected chi connectivity index (χ3v) is 2.53. The minimum absolute atomic E-state index is 0.299. The lowest BCUT2D eigenvalue weighted by Gasteiger charge is -2.14. The first kappa shape index (κ1) is 14.5. The molecule has 1 aromatic carbocycles. The van der Waals surface area contributed by atoms with Gasteiger partial charge in [-0.1, -0.05) is 6.07 Å². The van der Waals surface area contributed by atoms with Gasteiger partial charge in [-0.25, -0.2) is 0 Å². The number of methoxy groups -OCH3 is 1. The van der Waals surface area contributed by atoms with Gasteiger partial charge in [0, 0.05) is 6.54 Å². The van der Waals surface area contributed by atoms with Gasteiger partial charge in [-0.3, -0.25) is 4.79 Å². The first-order valence-corrected chi connectivity index (χ1v) is 5.72. The van der Waals surface area contributed by atoms with Crippen molar-refractivity contribution < 1.29 is 14.6 Å². The number of nitrogens with two attached hydrogens (primary N) is 1. The maximum atomic E-state index is 10.8. The second kappa shape index (κ2) is 6.37. The third-order valence-electron chi connectivity index (χ3n) is 2.53. The number of hydrogen-bond donors (Lipinski definition) is 2. The Morgan fingerprint density at radius 2 is 2.00 bits per heavy atom. The summed E-state index contributed by atoms with van der Waals surface area (Å²) in [6.07, 6.45) is 0.299.